The third-order valence-electron chi connectivity index (χ3n) is 6.38. The Hall–Kier alpha value is -3.26. The maximum atomic E-state index is 13.0. The van der Waals surface area contributed by atoms with Gasteiger partial charge in [-0.3, -0.25) is 14.8 Å². The van der Waals surface area contributed by atoms with E-state index in [0.717, 1.165) is 64.5 Å². The number of amides is 1. The molecule has 1 aliphatic rings. The van der Waals surface area contributed by atoms with E-state index in [9.17, 15) is 4.79 Å². The van der Waals surface area contributed by atoms with Gasteiger partial charge in [-0.25, -0.2) is 0 Å². The Labute approximate surface area is 203 Å². The van der Waals surface area contributed by atoms with Crippen molar-refractivity contribution in [3.05, 3.63) is 81.2 Å². The van der Waals surface area contributed by atoms with Crippen LogP contribution in [0.25, 0.3) is 23.1 Å². The van der Waals surface area contributed by atoms with Crippen molar-refractivity contribution in [1.29, 1.82) is 0 Å². The normalized spacial score (nSPS) is 16.9. The van der Waals surface area contributed by atoms with Crippen molar-refractivity contribution in [2.45, 2.75) is 26.4 Å². The zero-order valence-electron chi connectivity index (χ0n) is 19.5. The lowest BCUT2D eigenvalue weighted by molar-refractivity contribution is 0.103. The zero-order valence-corrected chi connectivity index (χ0v) is 20.3. The van der Waals surface area contributed by atoms with E-state index < -0.39 is 0 Å². The minimum Gasteiger partial charge on any atom is -0.321 e. The van der Waals surface area contributed by atoms with Crippen LogP contribution in [0.2, 0.25) is 0 Å². The van der Waals surface area contributed by atoms with Crippen molar-refractivity contribution in [3.8, 4) is 0 Å². The lowest BCUT2D eigenvalue weighted by Crippen LogP contribution is -2.49. The Balaban J connectivity index is 1.45. The highest BCUT2D eigenvalue weighted by Crippen LogP contribution is 2.26. The minimum atomic E-state index is -0.0694. The summed E-state index contributed by atoms with van der Waals surface area (Å²) in [5.41, 5.74) is 5.83. The van der Waals surface area contributed by atoms with Crippen LogP contribution in [0.5, 0.6) is 0 Å². The number of fused-ring (bicyclic) bond motifs is 1. The number of hydrogen-bond donors (Lipinski definition) is 3. The van der Waals surface area contributed by atoms with E-state index in [0.29, 0.717) is 6.04 Å². The van der Waals surface area contributed by atoms with Crippen molar-refractivity contribution in [2.75, 3.05) is 25.0 Å². The summed E-state index contributed by atoms with van der Waals surface area (Å²) in [4.78, 5) is 16.3. The summed E-state index contributed by atoms with van der Waals surface area (Å²) in [7, 11) is 0. The van der Waals surface area contributed by atoms with Gasteiger partial charge in [-0.15, -0.1) is 11.3 Å². The number of thiophene rings is 1. The molecule has 0 radical (unpaired) electrons. The monoisotopic (exact) mass is 471 g/mol. The van der Waals surface area contributed by atoms with Gasteiger partial charge < -0.3 is 10.6 Å². The van der Waals surface area contributed by atoms with Gasteiger partial charge in [0.25, 0.3) is 5.91 Å². The number of aromatic amines is 1. The van der Waals surface area contributed by atoms with Gasteiger partial charge in [-0.05, 0) is 60.2 Å². The van der Waals surface area contributed by atoms with E-state index in [-0.39, 0.29) is 5.91 Å². The second-order valence-electron chi connectivity index (χ2n) is 8.82. The quantitative estimate of drug-likeness (QED) is 0.364. The maximum Gasteiger partial charge on any atom is 0.266 e. The standard InChI is InChI=1S/C27H29N5OS/c1-18-11-14-34-26(18)27(33)29-25-15-20(17-32-13-12-28-16-19(32)2)7-8-21(25)9-10-24-22-5-3-4-6-23(22)30-31-24/h3-11,14-15,19,28H,12-13,16-17H2,1-2H3,(H,29,33)(H,30,31)/b10-9+. The lowest BCUT2D eigenvalue weighted by Gasteiger charge is -2.34. The van der Waals surface area contributed by atoms with E-state index in [2.05, 4.69) is 56.9 Å². The number of para-hydroxylation sites is 1. The van der Waals surface area contributed by atoms with Crippen molar-refractivity contribution in [2.24, 2.45) is 0 Å². The number of nitrogens with one attached hydrogen (secondary N) is 3. The molecule has 0 saturated carbocycles. The molecule has 1 saturated heterocycles. The van der Waals surface area contributed by atoms with Crippen LogP contribution in [-0.4, -0.2) is 46.7 Å². The number of aryl methyl sites for hydroxylation is 1. The number of nitrogens with zero attached hydrogens (tertiary/aromatic N) is 2. The molecule has 174 valence electrons. The third-order valence-corrected chi connectivity index (χ3v) is 7.39. The number of benzene rings is 2. The molecule has 2 aromatic carbocycles. The molecule has 1 atom stereocenters. The second-order valence-corrected chi connectivity index (χ2v) is 9.74. The molecule has 1 unspecified atom stereocenters. The van der Waals surface area contributed by atoms with E-state index in [1.54, 1.807) is 0 Å². The number of hydrogen-bond acceptors (Lipinski definition) is 5. The first-order valence-electron chi connectivity index (χ1n) is 11.6. The van der Waals surface area contributed by atoms with Crippen molar-refractivity contribution in [1.82, 2.24) is 20.4 Å². The van der Waals surface area contributed by atoms with Gasteiger partial charge in [0.15, 0.2) is 0 Å². The Bertz CT molecular complexity index is 1340. The Morgan fingerprint density at radius 2 is 2.12 bits per heavy atom. The van der Waals surface area contributed by atoms with Crippen molar-refractivity contribution >= 4 is 46.0 Å². The molecule has 6 nitrogen and oxygen atoms in total. The SMILES string of the molecule is Cc1ccsc1C(=O)Nc1cc(CN2CCNCC2C)ccc1/C=C/c1n[nH]c2ccccc12. The molecule has 2 aromatic heterocycles. The summed E-state index contributed by atoms with van der Waals surface area (Å²) in [5, 5.41) is 17.2. The molecule has 34 heavy (non-hydrogen) atoms. The van der Waals surface area contributed by atoms with Crippen LogP contribution in [-0.2, 0) is 6.54 Å². The third kappa shape index (κ3) is 4.82. The number of H-pyrrole nitrogens is 1. The number of rotatable bonds is 6. The van der Waals surface area contributed by atoms with E-state index >= 15 is 0 Å². The molecule has 0 bridgehead atoms. The molecule has 5 rings (SSSR count). The highest BCUT2D eigenvalue weighted by atomic mass is 32.1. The second kappa shape index (κ2) is 9.93. The predicted molar refractivity (Wildman–Crippen MR) is 141 cm³/mol. The van der Waals surface area contributed by atoms with Gasteiger partial charge in [-0.1, -0.05) is 36.4 Å². The molecule has 1 aliphatic heterocycles. The lowest BCUT2D eigenvalue weighted by atomic mass is 10.1. The summed E-state index contributed by atoms with van der Waals surface area (Å²) < 4.78 is 0. The molecule has 0 aliphatic carbocycles. The van der Waals surface area contributed by atoms with Gasteiger partial charge in [-0.2, -0.15) is 5.10 Å². The highest BCUT2D eigenvalue weighted by Gasteiger charge is 2.19. The van der Waals surface area contributed by atoms with Gasteiger partial charge >= 0.3 is 0 Å². The first kappa shape index (κ1) is 22.5. The van der Waals surface area contributed by atoms with Crippen molar-refractivity contribution < 1.29 is 4.79 Å². The Morgan fingerprint density at radius 1 is 1.24 bits per heavy atom. The molecule has 1 fully saturated rings. The van der Waals surface area contributed by atoms with Crippen molar-refractivity contribution in [3.63, 3.8) is 0 Å². The molecule has 7 heteroatoms. The number of anilines is 1. The summed E-state index contributed by atoms with van der Waals surface area (Å²) in [6, 6.07) is 16.9. The van der Waals surface area contributed by atoms with Crippen LogP contribution in [0.1, 0.15) is 39.0 Å². The average molecular weight is 472 g/mol. The molecule has 1 amide bonds. The minimum absolute atomic E-state index is 0.0694. The van der Waals surface area contributed by atoms with E-state index in [1.807, 2.05) is 48.7 Å². The smallest absolute Gasteiger partial charge is 0.266 e. The van der Waals surface area contributed by atoms with Gasteiger partial charge in [0.2, 0.25) is 0 Å². The number of carbonyl (C=O) groups excluding carboxylic acids is 1. The molecular weight excluding hydrogens is 442 g/mol. The fourth-order valence-corrected chi connectivity index (χ4v) is 5.19. The average Bonchev–Trinajstić information content (AvgIpc) is 3.46. The fourth-order valence-electron chi connectivity index (χ4n) is 4.37. The Morgan fingerprint density at radius 3 is 2.94 bits per heavy atom. The molecular formula is C27H29N5OS. The summed E-state index contributed by atoms with van der Waals surface area (Å²) >= 11 is 1.47. The molecule has 3 heterocycles. The van der Waals surface area contributed by atoms with Crippen LogP contribution < -0.4 is 10.6 Å². The maximum absolute atomic E-state index is 13.0. The van der Waals surface area contributed by atoms with Crippen LogP contribution >= 0.6 is 11.3 Å². The highest BCUT2D eigenvalue weighted by molar-refractivity contribution is 7.12. The summed E-state index contributed by atoms with van der Waals surface area (Å²) in [6.45, 7) is 8.10. The van der Waals surface area contributed by atoms with Crippen LogP contribution in [0.4, 0.5) is 5.69 Å². The Kier molecular flexibility index (Phi) is 6.58. The predicted octanol–water partition coefficient (Wildman–Crippen LogP) is 5.15. The molecule has 4 aromatic rings. The van der Waals surface area contributed by atoms with Crippen LogP contribution in [0.15, 0.2) is 53.9 Å². The number of carbonyl (C=O) groups is 1. The number of piperazine rings is 1. The topological polar surface area (TPSA) is 73.1 Å². The first-order chi connectivity index (χ1) is 16.6. The van der Waals surface area contributed by atoms with E-state index in [4.69, 9.17) is 0 Å². The largest absolute Gasteiger partial charge is 0.321 e. The number of aromatic nitrogens is 2. The van der Waals surface area contributed by atoms with Gasteiger partial charge in [0.05, 0.1) is 16.1 Å². The van der Waals surface area contributed by atoms with Crippen LogP contribution in [0.3, 0.4) is 0 Å². The van der Waals surface area contributed by atoms with Gasteiger partial charge in [0, 0.05) is 43.3 Å². The first-order valence-corrected chi connectivity index (χ1v) is 12.5. The molecule has 0 spiro atoms. The van der Waals surface area contributed by atoms with Gasteiger partial charge in [0.1, 0.15) is 0 Å². The van der Waals surface area contributed by atoms with E-state index in [1.165, 1.54) is 16.9 Å². The fraction of sp³-hybridized carbons (Fsp3) is 0.259. The summed E-state index contributed by atoms with van der Waals surface area (Å²) in [5.74, 6) is -0.0694. The zero-order chi connectivity index (χ0) is 23.5. The van der Waals surface area contributed by atoms with Crippen LogP contribution in [0, 0.1) is 6.92 Å². The summed E-state index contributed by atoms with van der Waals surface area (Å²) in [6.07, 6.45) is 4.02. The molecule has 3 N–H and O–H groups in total.